The van der Waals surface area contributed by atoms with Crippen LogP contribution in [0.4, 0.5) is 0 Å². The van der Waals surface area contributed by atoms with Gasteiger partial charge in [-0.1, -0.05) is 46.3 Å². The van der Waals surface area contributed by atoms with Crippen molar-refractivity contribution in [2.24, 2.45) is 5.92 Å². The number of hydrogen-bond acceptors (Lipinski definition) is 2. The largest absolute Gasteiger partial charge is 0.336 e. The van der Waals surface area contributed by atoms with E-state index >= 15 is 0 Å². The highest BCUT2D eigenvalue weighted by Crippen LogP contribution is 2.45. The number of carbonyl (C=O) groups is 2. The van der Waals surface area contributed by atoms with Crippen molar-refractivity contribution in [3.05, 3.63) is 41.5 Å². The number of fused-ring (bicyclic) bond motifs is 1. The van der Waals surface area contributed by atoms with Gasteiger partial charge in [-0.3, -0.25) is 9.59 Å². The van der Waals surface area contributed by atoms with Crippen LogP contribution in [0.5, 0.6) is 0 Å². The first-order chi connectivity index (χ1) is 10.6. The second-order valence-corrected chi connectivity index (χ2v) is 6.83. The number of Topliss-reactive ketones (excluding diaryl/α,β-unsaturated/α-hetero) is 1. The Morgan fingerprint density at radius 2 is 2.05 bits per heavy atom. The summed E-state index contributed by atoms with van der Waals surface area (Å²) in [4.78, 5) is 26.5. The van der Waals surface area contributed by atoms with Crippen molar-refractivity contribution in [2.45, 2.75) is 32.2 Å². The quantitative estimate of drug-likeness (QED) is 0.770. The molecule has 1 aliphatic carbocycles. The number of nitrogens with zero attached hydrogens (tertiary/aromatic N) is 1. The third kappa shape index (κ3) is 2.65. The Balaban J connectivity index is 2.05. The summed E-state index contributed by atoms with van der Waals surface area (Å²) in [5.74, 6) is 0.562. The molecule has 3 nitrogen and oxygen atoms in total. The summed E-state index contributed by atoms with van der Waals surface area (Å²) in [6.45, 7) is 2.33. The Morgan fingerprint density at radius 3 is 2.68 bits per heavy atom. The number of carbonyl (C=O) groups excluding carboxylic acids is 2. The Hall–Kier alpha value is -1.42. The van der Waals surface area contributed by atoms with Gasteiger partial charge in [0.25, 0.3) is 0 Å². The first kappa shape index (κ1) is 15.5. The zero-order valence-electron chi connectivity index (χ0n) is 12.7. The molecule has 0 aromatic heterocycles. The van der Waals surface area contributed by atoms with E-state index in [2.05, 4.69) is 15.9 Å². The van der Waals surface area contributed by atoms with E-state index in [1.54, 1.807) is 6.92 Å². The fraction of sp³-hybridized carbons (Fsp3) is 0.444. The van der Waals surface area contributed by atoms with Gasteiger partial charge in [0.2, 0.25) is 5.91 Å². The van der Waals surface area contributed by atoms with E-state index < -0.39 is 0 Å². The van der Waals surface area contributed by atoms with Gasteiger partial charge < -0.3 is 4.90 Å². The summed E-state index contributed by atoms with van der Waals surface area (Å²) in [6, 6.07) is 9.98. The van der Waals surface area contributed by atoms with Crippen LogP contribution in [0.1, 0.15) is 31.7 Å². The summed E-state index contributed by atoms with van der Waals surface area (Å²) in [6.07, 6.45) is 2.47. The van der Waals surface area contributed by atoms with Crippen LogP contribution in [0.15, 0.2) is 35.9 Å². The van der Waals surface area contributed by atoms with E-state index in [1.165, 1.54) is 5.57 Å². The molecule has 1 aromatic rings. The van der Waals surface area contributed by atoms with Crippen molar-refractivity contribution in [2.75, 3.05) is 11.9 Å². The molecule has 22 heavy (non-hydrogen) atoms. The second-order valence-electron chi connectivity index (χ2n) is 6.04. The third-order valence-electron chi connectivity index (χ3n) is 4.67. The standard InChI is InChI=1S/C18H20BrNO2/c1-12(21)20-11-14-10-16(22)18(13-6-3-2-4-7-13)17(14)15(20)8-5-9-19/h2-4,6-7,14-15H,5,8-11H2,1H3/t14-,15+/m1/s1. The van der Waals surface area contributed by atoms with Crippen LogP contribution in [0.25, 0.3) is 5.57 Å². The van der Waals surface area contributed by atoms with Gasteiger partial charge in [-0.25, -0.2) is 0 Å². The summed E-state index contributed by atoms with van der Waals surface area (Å²) in [5.41, 5.74) is 3.07. The predicted octanol–water partition coefficient (Wildman–Crippen LogP) is 3.44. The van der Waals surface area contributed by atoms with Gasteiger partial charge in [-0.15, -0.1) is 0 Å². The minimum absolute atomic E-state index is 0.0849. The zero-order valence-corrected chi connectivity index (χ0v) is 14.3. The van der Waals surface area contributed by atoms with Gasteiger partial charge in [-0.2, -0.15) is 0 Å². The molecule has 0 saturated carbocycles. The van der Waals surface area contributed by atoms with Gasteiger partial charge in [-0.05, 0) is 24.0 Å². The van der Waals surface area contributed by atoms with Crippen molar-refractivity contribution in [1.82, 2.24) is 4.90 Å². The lowest BCUT2D eigenvalue weighted by atomic mass is 9.93. The van der Waals surface area contributed by atoms with Gasteiger partial charge in [0, 0.05) is 36.7 Å². The number of amides is 1. The highest BCUT2D eigenvalue weighted by Gasteiger charge is 2.45. The number of allylic oxidation sites excluding steroid dienone is 1. The van der Waals surface area contributed by atoms with Gasteiger partial charge in [0.15, 0.2) is 5.78 Å². The van der Waals surface area contributed by atoms with E-state index in [-0.39, 0.29) is 23.7 Å². The summed E-state index contributed by atoms with van der Waals surface area (Å²) in [7, 11) is 0. The van der Waals surface area contributed by atoms with E-state index in [4.69, 9.17) is 0 Å². The predicted molar refractivity (Wildman–Crippen MR) is 90.7 cm³/mol. The maximum Gasteiger partial charge on any atom is 0.219 e. The van der Waals surface area contributed by atoms with Crippen molar-refractivity contribution < 1.29 is 9.59 Å². The maximum atomic E-state index is 12.5. The second kappa shape index (κ2) is 6.37. The molecule has 0 N–H and O–H groups in total. The molecular weight excluding hydrogens is 342 g/mol. The molecule has 0 spiro atoms. The van der Waals surface area contributed by atoms with Gasteiger partial charge in [0.05, 0.1) is 6.04 Å². The maximum absolute atomic E-state index is 12.5. The smallest absolute Gasteiger partial charge is 0.219 e. The molecule has 3 rings (SSSR count). The normalized spacial score (nSPS) is 24.1. The lowest BCUT2D eigenvalue weighted by Gasteiger charge is -2.25. The van der Waals surface area contributed by atoms with Gasteiger partial charge >= 0.3 is 0 Å². The highest BCUT2D eigenvalue weighted by molar-refractivity contribution is 9.09. The van der Waals surface area contributed by atoms with Crippen LogP contribution < -0.4 is 0 Å². The van der Waals surface area contributed by atoms with Crippen LogP contribution in [-0.2, 0) is 9.59 Å². The minimum Gasteiger partial charge on any atom is -0.336 e. The molecule has 1 aliphatic heterocycles. The summed E-state index contributed by atoms with van der Waals surface area (Å²) >= 11 is 3.47. The zero-order chi connectivity index (χ0) is 15.7. The molecule has 116 valence electrons. The summed E-state index contributed by atoms with van der Waals surface area (Å²) in [5, 5.41) is 0.918. The molecule has 1 saturated heterocycles. The lowest BCUT2D eigenvalue weighted by Crippen LogP contribution is -2.35. The van der Waals surface area contributed by atoms with E-state index in [0.29, 0.717) is 13.0 Å². The summed E-state index contributed by atoms with van der Waals surface area (Å²) < 4.78 is 0. The Labute approximate surface area is 139 Å². The number of hydrogen-bond donors (Lipinski definition) is 0. The lowest BCUT2D eigenvalue weighted by molar-refractivity contribution is -0.130. The minimum atomic E-state index is 0.0849. The van der Waals surface area contributed by atoms with Crippen molar-refractivity contribution in [3.8, 4) is 0 Å². The van der Waals surface area contributed by atoms with Crippen LogP contribution in [0.2, 0.25) is 0 Å². The van der Waals surface area contributed by atoms with Crippen LogP contribution >= 0.6 is 15.9 Å². The third-order valence-corrected chi connectivity index (χ3v) is 5.23. The molecule has 1 aromatic carbocycles. The first-order valence-corrected chi connectivity index (χ1v) is 8.91. The van der Waals surface area contributed by atoms with E-state index in [9.17, 15) is 9.59 Å². The topological polar surface area (TPSA) is 37.4 Å². The number of likely N-dealkylation sites (tertiary alicyclic amines) is 1. The number of benzene rings is 1. The first-order valence-electron chi connectivity index (χ1n) is 7.79. The number of ketones is 1. The number of alkyl halides is 1. The Bertz CT molecular complexity index is 623. The van der Waals surface area contributed by atoms with Crippen LogP contribution in [0, 0.1) is 5.92 Å². The van der Waals surface area contributed by atoms with E-state index in [0.717, 1.165) is 29.3 Å². The molecule has 2 aliphatic rings. The average molecular weight is 362 g/mol. The molecule has 1 amide bonds. The highest BCUT2D eigenvalue weighted by atomic mass is 79.9. The fourth-order valence-electron chi connectivity index (χ4n) is 3.80. The Kier molecular flexibility index (Phi) is 4.48. The van der Waals surface area contributed by atoms with Crippen LogP contribution in [0.3, 0.4) is 0 Å². The van der Waals surface area contributed by atoms with Crippen molar-refractivity contribution in [3.63, 3.8) is 0 Å². The number of halogens is 1. The molecule has 1 heterocycles. The molecule has 0 radical (unpaired) electrons. The molecule has 1 fully saturated rings. The fourth-order valence-corrected chi connectivity index (χ4v) is 4.12. The molecular formula is C18H20BrNO2. The van der Waals surface area contributed by atoms with Crippen molar-refractivity contribution >= 4 is 33.2 Å². The van der Waals surface area contributed by atoms with Gasteiger partial charge in [0.1, 0.15) is 0 Å². The monoisotopic (exact) mass is 361 g/mol. The molecule has 0 bridgehead atoms. The molecule has 2 atom stereocenters. The molecule has 0 unspecified atom stereocenters. The van der Waals surface area contributed by atoms with E-state index in [1.807, 2.05) is 35.2 Å². The van der Waals surface area contributed by atoms with Crippen LogP contribution in [-0.4, -0.2) is 34.5 Å². The Morgan fingerprint density at radius 1 is 1.32 bits per heavy atom. The average Bonchev–Trinajstić information content (AvgIpc) is 3.01. The molecule has 4 heteroatoms. The number of rotatable bonds is 4. The van der Waals surface area contributed by atoms with Crippen molar-refractivity contribution in [1.29, 1.82) is 0 Å². The SMILES string of the molecule is CC(=O)N1C[C@H]2CC(=O)C(c3ccccc3)=C2[C@@H]1CCCBr.